The summed E-state index contributed by atoms with van der Waals surface area (Å²) < 4.78 is 6.01. The van der Waals surface area contributed by atoms with Crippen molar-refractivity contribution >= 4 is 16.5 Å². The molecule has 0 saturated heterocycles. The number of aryl methyl sites for hydroxylation is 2. The van der Waals surface area contributed by atoms with E-state index in [-0.39, 0.29) is 5.43 Å². The van der Waals surface area contributed by atoms with Crippen LogP contribution in [0.25, 0.3) is 16.5 Å². The number of para-hydroxylation sites is 1. The van der Waals surface area contributed by atoms with Crippen molar-refractivity contribution in [2.75, 3.05) is 0 Å². The van der Waals surface area contributed by atoms with E-state index in [9.17, 15) is 4.79 Å². The van der Waals surface area contributed by atoms with E-state index in [0.717, 1.165) is 36.2 Å². The maximum absolute atomic E-state index is 12.9. The second-order valence-electron chi connectivity index (χ2n) is 6.16. The molecule has 0 unspecified atom stereocenters. The van der Waals surface area contributed by atoms with Gasteiger partial charge in [0.15, 0.2) is 5.43 Å². The molecule has 0 fully saturated rings. The third-order valence-corrected chi connectivity index (χ3v) is 4.47. The van der Waals surface area contributed by atoms with E-state index in [4.69, 9.17) is 4.42 Å². The predicted octanol–water partition coefficient (Wildman–Crippen LogP) is 4.67. The van der Waals surface area contributed by atoms with Gasteiger partial charge in [-0.1, -0.05) is 48.0 Å². The molecule has 1 aromatic heterocycles. The maximum atomic E-state index is 12.9. The number of hydrogen-bond donors (Lipinski definition) is 0. The Bertz CT molecular complexity index is 959. The van der Waals surface area contributed by atoms with Crippen LogP contribution in [0.4, 0.5) is 0 Å². The molecule has 23 heavy (non-hydrogen) atoms. The Kier molecular flexibility index (Phi) is 3.38. The lowest BCUT2D eigenvalue weighted by Gasteiger charge is -2.17. The number of benzene rings is 2. The third-order valence-electron chi connectivity index (χ3n) is 4.47. The average Bonchev–Trinajstić information content (AvgIpc) is 2.57. The molecule has 1 heterocycles. The first-order valence-electron chi connectivity index (χ1n) is 8.02. The Hall–Kier alpha value is -2.61. The van der Waals surface area contributed by atoms with Crippen LogP contribution in [0.15, 0.2) is 63.8 Å². The molecule has 0 atom stereocenters. The Morgan fingerprint density at radius 1 is 1.04 bits per heavy atom. The predicted molar refractivity (Wildman–Crippen MR) is 93.7 cm³/mol. The topological polar surface area (TPSA) is 30.2 Å². The van der Waals surface area contributed by atoms with E-state index < -0.39 is 0 Å². The smallest absolute Gasteiger partial charge is 0.200 e. The molecule has 0 bridgehead atoms. The first-order chi connectivity index (χ1) is 11.2. The van der Waals surface area contributed by atoms with Gasteiger partial charge in [0.1, 0.15) is 11.3 Å². The first kappa shape index (κ1) is 14.0. The largest absolute Gasteiger partial charge is 0.460 e. The van der Waals surface area contributed by atoms with E-state index in [2.05, 4.69) is 37.3 Å². The molecule has 1 aliphatic carbocycles. The second kappa shape index (κ2) is 5.54. The minimum absolute atomic E-state index is 0.0971. The average molecular weight is 302 g/mol. The lowest BCUT2D eigenvalue weighted by atomic mass is 9.90. The van der Waals surface area contributed by atoms with Crippen molar-refractivity contribution in [3.63, 3.8) is 0 Å². The number of allylic oxidation sites excluding steroid dienone is 2. The Balaban J connectivity index is 1.83. The molecule has 114 valence electrons. The summed E-state index contributed by atoms with van der Waals surface area (Å²) in [5, 5.41) is 0.669. The second-order valence-corrected chi connectivity index (χ2v) is 6.16. The van der Waals surface area contributed by atoms with Crippen molar-refractivity contribution in [3.8, 4) is 0 Å². The van der Waals surface area contributed by atoms with Crippen LogP contribution < -0.4 is 5.43 Å². The van der Waals surface area contributed by atoms with Gasteiger partial charge in [-0.25, -0.2) is 0 Å². The molecule has 3 aromatic rings. The van der Waals surface area contributed by atoms with Crippen LogP contribution in [-0.4, -0.2) is 0 Å². The molecule has 2 aromatic carbocycles. The molecule has 2 nitrogen and oxygen atoms in total. The zero-order valence-corrected chi connectivity index (χ0v) is 13.1. The summed E-state index contributed by atoms with van der Waals surface area (Å²) in [5.41, 5.74) is 5.12. The summed E-state index contributed by atoms with van der Waals surface area (Å²) in [6.07, 6.45) is 4.69. The molecule has 4 rings (SSSR count). The van der Waals surface area contributed by atoms with Crippen LogP contribution in [0.1, 0.15) is 28.9 Å². The molecule has 1 aliphatic rings. The molecular formula is C21H18O2. The monoisotopic (exact) mass is 302 g/mol. The van der Waals surface area contributed by atoms with Gasteiger partial charge in [-0.3, -0.25) is 4.79 Å². The van der Waals surface area contributed by atoms with E-state index in [1.54, 1.807) is 0 Å². The lowest BCUT2D eigenvalue weighted by Crippen LogP contribution is -2.16. The van der Waals surface area contributed by atoms with E-state index in [0.29, 0.717) is 11.0 Å². The zero-order chi connectivity index (χ0) is 15.8. The van der Waals surface area contributed by atoms with Crippen LogP contribution in [0, 0.1) is 6.92 Å². The first-order valence-corrected chi connectivity index (χ1v) is 8.02. The summed E-state index contributed by atoms with van der Waals surface area (Å²) in [7, 11) is 0. The van der Waals surface area contributed by atoms with Gasteiger partial charge in [0.05, 0.1) is 10.9 Å². The Morgan fingerprint density at radius 2 is 1.83 bits per heavy atom. The van der Waals surface area contributed by atoms with Crippen molar-refractivity contribution in [2.24, 2.45) is 0 Å². The fourth-order valence-corrected chi connectivity index (χ4v) is 3.26. The van der Waals surface area contributed by atoms with Crippen molar-refractivity contribution in [3.05, 3.63) is 87.3 Å². The molecule has 0 radical (unpaired) electrons. The van der Waals surface area contributed by atoms with Crippen LogP contribution >= 0.6 is 0 Å². The highest BCUT2D eigenvalue weighted by molar-refractivity contribution is 5.82. The fourth-order valence-electron chi connectivity index (χ4n) is 3.26. The molecule has 0 N–H and O–H groups in total. The minimum atomic E-state index is 0.0971. The molecule has 0 amide bonds. The van der Waals surface area contributed by atoms with Gasteiger partial charge >= 0.3 is 0 Å². The highest BCUT2D eigenvalue weighted by Gasteiger charge is 2.20. The molecule has 0 saturated carbocycles. The van der Waals surface area contributed by atoms with Crippen molar-refractivity contribution in [1.29, 1.82) is 0 Å². The normalized spacial score (nSPS) is 13.7. The summed E-state index contributed by atoms with van der Waals surface area (Å²) in [6, 6.07) is 16.0. The Morgan fingerprint density at radius 3 is 2.65 bits per heavy atom. The lowest BCUT2D eigenvalue weighted by molar-refractivity contribution is 0.530. The fraction of sp³-hybridized carbons (Fsp3) is 0.190. The summed E-state index contributed by atoms with van der Waals surface area (Å²) in [5.74, 6) is 0.832. The maximum Gasteiger partial charge on any atom is 0.200 e. The molecule has 2 heteroatoms. The van der Waals surface area contributed by atoms with Crippen molar-refractivity contribution in [1.82, 2.24) is 0 Å². The summed E-state index contributed by atoms with van der Waals surface area (Å²) >= 11 is 0. The summed E-state index contributed by atoms with van der Waals surface area (Å²) in [6.45, 7) is 2.08. The van der Waals surface area contributed by atoms with E-state index >= 15 is 0 Å². The minimum Gasteiger partial charge on any atom is -0.460 e. The molecule has 0 aliphatic heterocycles. The zero-order valence-electron chi connectivity index (χ0n) is 13.1. The highest BCUT2D eigenvalue weighted by Crippen LogP contribution is 2.29. The van der Waals surface area contributed by atoms with Gasteiger partial charge < -0.3 is 4.42 Å². The van der Waals surface area contributed by atoms with Gasteiger partial charge in [0.2, 0.25) is 0 Å². The summed E-state index contributed by atoms with van der Waals surface area (Å²) in [4.78, 5) is 12.9. The van der Waals surface area contributed by atoms with Gasteiger partial charge in [-0.05, 0) is 43.0 Å². The van der Waals surface area contributed by atoms with Crippen LogP contribution in [0.5, 0.6) is 0 Å². The quantitative estimate of drug-likeness (QED) is 0.688. The van der Waals surface area contributed by atoms with Gasteiger partial charge in [0.25, 0.3) is 0 Å². The molecule has 0 spiro atoms. The highest BCUT2D eigenvalue weighted by atomic mass is 16.3. The van der Waals surface area contributed by atoms with Gasteiger partial charge in [0, 0.05) is 6.42 Å². The number of rotatable bonds is 2. The van der Waals surface area contributed by atoms with E-state index in [1.165, 1.54) is 11.1 Å². The van der Waals surface area contributed by atoms with Crippen LogP contribution in [-0.2, 0) is 12.8 Å². The third kappa shape index (κ3) is 2.50. The van der Waals surface area contributed by atoms with Crippen LogP contribution in [0.3, 0.4) is 0 Å². The van der Waals surface area contributed by atoms with Crippen molar-refractivity contribution < 1.29 is 4.42 Å². The van der Waals surface area contributed by atoms with E-state index in [1.807, 2.05) is 24.3 Å². The number of fused-ring (bicyclic) bond motifs is 2. The van der Waals surface area contributed by atoms with Gasteiger partial charge in [-0.2, -0.15) is 0 Å². The Labute approximate surface area is 135 Å². The molecular weight excluding hydrogens is 284 g/mol. The standard InChI is InChI=1S/C21H18O2/c1-14-9-11-15(12-10-14)13-16-5-4-8-19-20(16)21(22)17-6-2-3-7-18(17)23-19/h2-3,5-7,9-12H,4,8,13H2,1H3. The van der Waals surface area contributed by atoms with Gasteiger partial charge in [-0.15, -0.1) is 0 Å². The van der Waals surface area contributed by atoms with Crippen LogP contribution in [0.2, 0.25) is 0 Å². The van der Waals surface area contributed by atoms with Crippen molar-refractivity contribution in [2.45, 2.75) is 26.2 Å². The SMILES string of the molecule is Cc1ccc(CC2=CCCc3oc4ccccc4c(=O)c32)cc1. The number of hydrogen-bond acceptors (Lipinski definition) is 2.